The molecule has 1 aliphatic heterocycles. The summed E-state index contributed by atoms with van der Waals surface area (Å²) in [5.41, 5.74) is 2.84. The zero-order chi connectivity index (χ0) is 20.3. The standard InChI is InChI=1S/C21H28N4O3/c1-6-19(26)28-24-20(21(3,4)5)17(25-13-22-12-23-25)11-16-10-15-9-14(2)7-8-18(15)27-16/h7-9,12-13,16-17H,6,10-11H2,1-5H3. The second kappa shape index (κ2) is 8.12. The lowest BCUT2D eigenvalue weighted by molar-refractivity contribution is -0.143. The van der Waals surface area contributed by atoms with Crippen LogP contribution in [0.25, 0.3) is 0 Å². The summed E-state index contributed by atoms with van der Waals surface area (Å²) in [4.78, 5) is 20.9. The largest absolute Gasteiger partial charge is 0.490 e. The van der Waals surface area contributed by atoms with Crippen molar-refractivity contribution in [2.75, 3.05) is 0 Å². The molecule has 0 bridgehead atoms. The first kappa shape index (κ1) is 20.0. The lowest BCUT2D eigenvalue weighted by Crippen LogP contribution is -2.35. The molecule has 1 aromatic heterocycles. The summed E-state index contributed by atoms with van der Waals surface area (Å²) in [6, 6.07) is 6.02. The molecule has 1 aliphatic rings. The predicted octanol–water partition coefficient (Wildman–Crippen LogP) is 3.88. The Balaban J connectivity index is 1.88. The van der Waals surface area contributed by atoms with Crippen molar-refractivity contribution in [2.45, 2.75) is 66.0 Å². The quantitative estimate of drug-likeness (QED) is 0.429. The van der Waals surface area contributed by atoms with Gasteiger partial charge in [0.15, 0.2) is 0 Å². The third-order valence-electron chi connectivity index (χ3n) is 4.82. The van der Waals surface area contributed by atoms with E-state index in [1.165, 1.54) is 17.5 Å². The maximum Gasteiger partial charge on any atom is 0.334 e. The number of fused-ring (bicyclic) bond motifs is 1. The van der Waals surface area contributed by atoms with Gasteiger partial charge in [-0.15, -0.1) is 0 Å². The van der Waals surface area contributed by atoms with Crippen molar-refractivity contribution in [1.29, 1.82) is 0 Å². The summed E-state index contributed by atoms with van der Waals surface area (Å²) in [6.07, 6.45) is 4.90. The van der Waals surface area contributed by atoms with Gasteiger partial charge in [-0.05, 0) is 18.6 Å². The summed E-state index contributed by atoms with van der Waals surface area (Å²) in [5.74, 6) is 0.568. The van der Waals surface area contributed by atoms with E-state index in [0.717, 1.165) is 17.9 Å². The molecular weight excluding hydrogens is 356 g/mol. The molecular formula is C21H28N4O3. The molecule has 0 N–H and O–H groups in total. The number of ether oxygens (including phenoxy) is 1. The molecule has 2 atom stereocenters. The zero-order valence-electron chi connectivity index (χ0n) is 17.2. The van der Waals surface area contributed by atoms with Gasteiger partial charge in [0.05, 0.1) is 11.8 Å². The highest BCUT2D eigenvalue weighted by atomic mass is 16.7. The minimum atomic E-state index is -0.362. The van der Waals surface area contributed by atoms with Crippen LogP contribution in [0.4, 0.5) is 0 Å². The summed E-state index contributed by atoms with van der Waals surface area (Å²) in [5, 5.41) is 8.58. The van der Waals surface area contributed by atoms with Gasteiger partial charge in [-0.25, -0.2) is 14.5 Å². The van der Waals surface area contributed by atoms with Crippen LogP contribution >= 0.6 is 0 Å². The summed E-state index contributed by atoms with van der Waals surface area (Å²) >= 11 is 0. The monoisotopic (exact) mass is 384 g/mol. The van der Waals surface area contributed by atoms with E-state index < -0.39 is 0 Å². The van der Waals surface area contributed by atoms with Gasteiger partial charge in [0, 0.05) is 24.7 Å². The molecule has 0 saturated heterocycles. The Hall–Kier alpha value is -2.70. The Morgan fingerprint density at radius 3 is 2.86 bits per heavy atom. The fraction of sp³-hybridized carbons (Fsp3) is 0.524. The Kier molecular flexibility index (Phi) is 5.82. The predicted molar refractivity (Wildman–Crippen MR) is 106 cm³/mol. The van der Waals surface area contributed by atoms with Crippen molar-refractivity contribution in [3.05, 3.63) is 42.0 Å². The molecule has 0 fully saturated rings. The van der Waals surface area contributed by atoms with E-state index in [0.29, 0.717) is 6.42 Å². The topological polar surface area (TPSA) is 78.6 Å². The second-order valence-electron chi connectivity index (χ2n) is 8.23. The Labute approximate surface area is 165 Å². The molecule has 2 aromatic rings. The van der Waals surface area contributed by atoms with Crippen molar-refractivity contribution in [1.82, 2.24) is 14.8 Å². The van der Waals surface area contributed by atoms with Crippen LogP contribution in [0.1, 0.15) is 57.7 Å². The smallest absolute Gasteiger partial charge is 0.334 e. The van der Waals surface area contributed by atoms with E-state index in [1.54, 1.807) is 17.9 Å². The van der Waals surface area contributed by atoms with E-state index in [1.807, 2.05) is 26.8 Å². The highest BCUT2D eigenvalue weighted by Gasteiger charge is 2.35. The van der Waals surface area contributed by atoms with Crippen LogP contribution in [0.15, 0.2) is 36.0 Å². The molecule has 0 saturated carbocycles. The average Bonchev–Trinajstić information content (AvgIpc) is 3.28. The van der Waals surface area contributed by atoms with Gasteiger partial charge in [0.1, 0.15) is 24.5 Å². The van der Waals surface area contributed by atoms with Crippen LogP contribution in [0.5, 0.6) is 5.75 Å². The molecule has 0 aliphatic carbocycles. The number of hydrogen-bond donors (Lipinski definition) is 0. The van der Waals surface area contributed by atoms with E-state index in [2.05, 4.69) is 34.3 Å². The van der Waals surface area contributed by atoms with Gasteiger partial charge in [0.25, 0.3) is 0 Å². The van der Waals surface area contributed by atoms with Crippen molar-refractivity contribution in [2.24, 2.45) is 10.6 Å². The normalized spacial score (nSPS) is 17.8. The second-order valence-corrected chi connectivity index (χ2v) is 8.23. The van der Waals surface area contributed by atoms with Gasteiger partial charge in [0.2, 0.25) is 0 Å². The summed E-state index contributed by atoms with van der Waals surface area (Å²) in [6.45, 7) is 9.96. The SMILES string of the molecule is CCC(=O)ON=C(C(CC1Cc2cc(C)ccc2O1)n1cncn1)C(C)(C)C. The number of aromatic nitrogens is 3. The third kappa shape index (κ3) is 4.58. The maximum absolute atomic E-state index is 11.7. The minimum absolute atomic E-state index is 0.0135. The zero-order valence-corrected chi connectivity index (χ0v) is 17.2. The van der Waals surface area contributed by atoms with Gasteiger partial charge in [-0.3, -0.25) is 0 Å². The Morgan fingerprint density at radius 2 is 2.21 bits per heavy atom. The lowest BCUT2D eigenvalue weighted by Gasteiger charge is -2.29. The number of carbonyl (C=O) groups is 1. The van der Waals surface area contributed by atoms with Crippen LogP contribution in [0.3, 0.4) is 0 Å². The van der Waals surface area contributed by atoms with E-state index in [9.17, 15) is 4.79 Å². The number of hydrogen-bond acceptors (Lipinski definition) is 6. The Morgan fingerprint density at radius 1 is 1.43 bits per heavy atom. The van der Waals surface area contributed by atoms with E-state index in [4.69, 9.17) is 9.57 Å². The number of rotatable bonds is 6. The average molecular weight is 384 g/mol. The minimum Gasteiger partial charge on any atom is -0.490 e. The molecule has 2 unspecified atom stereocenters. The van der Waals surface area contributed by atoms with E-state index >= 15 is 0 Å². The first-order valence-corrected chi connectivity index (χ1v) is 9.66. The number of oxime groups is 1. The highest BCUT2D eigenvalue weighted by molar-refractivity contribution is 5.92. The fourth-order valence-corrected chi connectivity index (χ4v) is 3.42. The molecule has 3 rings (SSSR count). The van der Waals surface area contributed by atoms with Crippen LogP contribution in [0, 0.1) is 12.3 Å². The molecule has 0 radical (unpaired) electrons. The van der Waals surface area contributed by atoms with Crippen molar-refractivity contribution in [3.8, 4) is 5.75 Å². The summed E-state index contributed by atoms with van der Waals surface area (Å²) in [7, 11) is 0. The lowest BCUT2D eigenvalue weighted by atomic mass is 9.83. The molecule has 28 heavy (non-hydrogen) atoms. The van der Waals surface area contributed by atoms with Crippen LogP contribution in [-0.2, 0) is 16.1 Å². The molecule has 7 nitrogen and oxygen atoms in total. The molecule has 0 spiro atoms. The fourth-order valence-electron chi connectivity index (χ4n) is 3.42. The first-order valence-electron chi connectivity index (χ1n) is 9.66. The number of nitrogens with zero attached hydrogens (tertiary/aromatic N) is 4. The maximum atomic E-state index is 11.7. The van der Waals surface area contributed by atoms with Gasteiger partial charge >= 0.3 is 5.97 Å². The molecule has 0 amide bonds. The molecule has 1 aromatic carbocycles. The number of benzene rings is 1. The highest BCUT2D eigenvalue weighted by Crippen LogP contribution is 2.35. The summed E-state index contributed by atoms with van der Waals surface area (Å²) < 4.78 is 7.94. The molecule has 7 heteroatoms. The van der Waals surface area contributed by atoms with E-state index in [-0.39, 0.29) is 30.0 Å². The van der Waals surface area contributed by atoms with Gasteiger partial charge in [-0.2, -0.15) is 5.10 Å². The van der Waals surface area contributed by atoms with Crippen molar-refractivity contribution >= 4 is 11.7 Å². The third-order valence-corrected chi connectivity index (χ3v) is 4.82. The number of aryl methyl sites for hydroxylation is 1. The molecule has 150 valence electrons. The number of carbonyl (C=O) groups excluding carboxylic acids is 1. The van der Waals surface area contributed by atoms with Gasteiger partial charge in [-0.1, -0.05) is 50.5 Å². The van der Waals surface area contributed by atoms with Gasteiger partial charge < -0.3 is 9.57 Å². The first-order chi connectivity index (χ1) is 13.3. The van der Waals surface area contributed by atoms with Crippen molar-refractivity contribution in [3.63, 3.8) is 0 Å². The van der Waals surface area contributed by atoms with Crippen LogP contribution in [-0.4, -0.2) is 32.5 Å². The molecule has 2 heterocycles. The van der Waals surface area contributed by atoms with Crippen molar-refractivity contribution < 1.29 is 14.4 Å². The Bertz CT molecular complexity index is 853. The van der Waals surface area contributed by atoms with Crippen LogP contribution < -0.4 is 4.74 Å². The van der Waals surface area contributed by atoms with Crippen LogP contribution in [0.2, 0.25) is 0 Å².